The van der Waals surface area contributed by atoms with Gasteiger partial charge < -0.3 is 5.32 Å². The van der Waals surface area contributed by atoms with Gasteiger partial charge in [-0.2, -0.15) is 0 Å². The zero-order valence-corrected chi connectivity index (χ0v) is 12.8. The van der Waals surface area contributed by atoms with Crippen LogP contribution in [0.1, 0.15) is 38.0 Å². The summed E-state index contributed by atoms with van der Waals surface area (Å²) >= 11 is 1.32. The predicted molar refractivity (Wildman–Crippen MR) is 76.4 cm³/mol. The number of thiophene rings is 1. The van der Waals surface area contributed by atoms with Gasteiger partial charge in [0.15, 0.2) is 0 Å². The van der Waals surface area contributed by atoms with Crippen LogP contribution in [0.15, 0.2) is 16.3 Å². The summed E-state index contributed by atoms with van der Waals surface area (Å²) in [5, 5.41) is 3.01. The van der Waals surface area contributed by atoms with E-state index in [9.17, 15) is 8.42 Å². The smallest absolute Gasteiger partial charge is 0.250 e. The molecule has 1 unspecified atom stereocenters. The van der Waals surface area contributed by atoms with E-state index >= 15 is 0 Å². The van der Waals surface area contributed by atoms with Crippen molar-refractivity contribution in [2.45, 2.75) is 49.9 Å². The Hall–Kier alpha value is -0.430. The van der Waals surface area contributed by atoms with E-state index in [0.29, 0.717) is 10.8 Å². The minimum atomic E-state index is -3.35. The Morgan fingerprint density at radius 3 is 2.72 bits per heavy atom. The van der Waals surface area contributed by atoms with Gasteiger partial charge in [0.2, 0.25) is 10.0 Å². The molecule has 0 amide bonds. The van der Waals surface area contributed by atoms with Gasteiger partial charge in [-0.1, -0.05) is 19.8 Å². The quantitative estimate of drug-likeness (QED) is 0.772. The van der Waals surface area contributed by atoms with Crippen molar-refractivity contribution in [1.82, 2.24) is 10.0 Å². The molecule has 0 saturated heterocycles. The maximum Gasteiger partial charge on any atom is 0.250 e. The summed E-state index contributed by atoms with van der Waals surface area (Å²) in [5.74, 6) is 0. The number of sulfonamides is 1. The van der Waals surface area contributed by atoms with Crippen LogP contribution in [0.25, 0.3) is 0 Å². The van der Waals surface area contributed by atoms with Crippen molar-refractivity contribution in [3.63, 3.8) is 0 Å². The number of hydrogen-bond acceptors (Lipinski definition) is 4. The van der Waals surface area contributed by atoms with Gasteiger partial charge in [0.05, 0.1) is 0 Å². The largest absolute Gasteiger partial charge is 0.315 e. The Labute approximate surface area is 114 Å². The normalized spacial score (nSPS) is 13.7. The molecule has 0 aromatic carbocycles. The van der Waals surface area contributed by atoms with E-state index in [4.69, 9.17) is 0 Å². The molecule has 0 aliphatic rings. The lowest BCUT2D eigenvalue weighted by atomic mass is 10.2. The highest BCUT2D eigenvalue weighted by atomic mass is 32.2. The summed E-state index contributed by atoms with van der Waals surface area (Å²) in [6.07, 6.45) is 3.00. The maximum absolute atomic E-state index is 12.1. The summed E-state index contributed by atoms with van der Waals surface area (Å²) in [6, 6.07) is 3.52. The summed E-state index contributed by atoms with van der Waals surface area (Å²) in [4.78, 5) is 1.03. The zero-order valence-electron chi connectivity index (χ0n) is 11.2. The Balaban J connectivity index is 2.67. The van der Waals surface area contributed by atoms with Crippen LogP contribution >= 0.6 is 11.3 Å². The molecule has 4 nitrogen and oxygen atoms in total. The van der Waals surface area contributed by atoms with E-state index in [1.165, 1.54) is 11.3 Å². The lowest BCUT2D eigenvalue weighted by Crippen LogP contribution is -2.32. The Morgan fingerprint density at radius 2 is 2.11 bits per heavy atom. The number of rotatable bonds is 8. The highest BCUT2D eigenvalue weighted by Gasteiger charge is 2.19. The first-order valence-corrected chi connectivity index (χ1v) is 8.55. The summed E-state index contributed by atoms with van der Waals surface area (Å²) in [7, 11) is -1.50. The van der Waals surface area contributed by atoms with Crippen LogP contribution in [0.4, 0.5) is 0 Å². The van der Waals surface area contributed by atoms with Crippen LogP contribution < -0.4 is 10.0 Å². The van der Waals surface area contributed by atoms with E-state index in [2.05, 4.69) is 17.0 Å². The van der Waals surface area contributed by atoms with Crippen LogP contribution in [0.2, 0.25) is 0 Å². The lowest BCUT2D eigenvalue weighted by Gasteiger charge is -2.12. The molecule has 0 radical (unpaired) electrons. The first-order chi connectivity index (χ1) is 8.49. The fourth-order valence-electron chi connectivity index (χ4n) is 1.66. The average molecular weight is 290 g/mol. The lowest BCUT2D eigenvalue weighted by molar-refractivity contribution is 0.535. The fourth-order valence-corrected chi connectivity index (χ4v) is 4.33. The van der Waals surface area contributed by atoms with Crippen LogP contribution in [0.3, 0.4) is 0 Å². The molecular weight excluding hydrogens is 268 g/mol. The van der Waals surface area contributed by atoms with Gasteiger partial charge in [0.1, 0.15) is 4.21 Å². The molecule has 0 bridgehead atoms. The van der Waals surface area contributed by atoms with Crippen LogP contribution in [-0.2, 0) is 16.6 Å². The van der Waals surface area contributed by atoms with E-state index in [-0.39, 0.29) is 6.04 Å². The molecule has 0 fully saturated rings. The molecule has 0 spiro atoms. The van der Waals surface area contributed by atoms with Crippen LogP contribution in [0, 0.1) is 0 Å². The second-order valence-corrected chi connectivity index (χ2v) is 7.52. The molecule has 2 N–H and O–H groups in total. The number of nitrogens with one attached hydrogen (secondary N) is 2. The van der Waals surface area contributed by atoms with Gasteiger partial charge in [-0.3, -0.25) is 0 Å². The van der Waals surface area contributed by atoms with Crippen molar-refractivity contribution in [2.75, 3.05) is 7.05 Å². The molecule has 1 aromatic rings. The zero-order chi connectivity index (χ0) is 13.6. The average Bonchev–Trinajstić information content (AvgIpc) is 2.75. The summed E-state index contributed by atoms with van der Waals surface area (Å²) < 4.78 is 27.3. The van der Waals surface area contributed by atoms with Gasteiger partial charge in [0.25, 0.3) is 0 Å². The highest BCUT2D eigenvalue weighted by Crippen LogP contribution is 2.21. The first kappa shape index (κ1) is 15.6. The molecule has 0 saturated carbocycles. The molecule has 1 rings (SSSR count). The van der Waals surface area contributed by atoms with Crippen molar-refractivity contribution in [3.8, 4) is 0 Å². The third-order valence-electron chi connectivity index (χ3n) is 2.60. The second kappa shape index (κ2) is 7.23. The van der Waals surface area contributed by atoms with Crippen molar-refractivity contribution >= 4 is 21.4 Å². The van der Waals surface area contributed by atoms with Crippen molar-refractivity contribution in [2.24, 2.45) is 0 Å². The number of hydrogen-bond donors (Lipinski definition) is 2. The van der Waals surface area contributed by atoms with Gasteiger partial charge in [0, 0.05) is 17.5 Å². The molecule has 104 valence electrons. The van der Waals surface area contributed by atoms with E-state index < -0.39 is 10.0 Å². The van der Waals surface area contributed by atoms with Gasteiger partial charge in [-0.25, -0.2) is 13.1 Å². The van der Waals surface area contributed by atoms with Crippen molar-refractivity contribution in [3.05, 3.63) is 17.0 Å². The number of unbranched alkanes of at least 4 members (excludes halogenated alkanes) is 1. The van der Waals surface area contributed by atoms with Crippen molar-refractivity contribution in [1.29, 1.82) is 0 Å². The topological polar surface area (TPSA) is 58.2 Å². The maximum atomic E-state index is 12.1. The third kappa shape index (κ3) is 4.68. The molecule has 1 aromatic heterocycles. The molecule has 0 aliphatic carbocycles. The first-order valence-electron chi connectivity index (χ1n) is 6.25. The van der Waals surface area contributed by atoms with Crippen LogP contribution in [-0.4, -0.2) is 21.5 Å². The third-order valence-corrected chi connectivity index (χ3v) is 5.77. The van der Waals surface area contributed by atoms with Gasteiger partial charge in [-0.15, -0.1) is 11.3 Å². The molecule has 6 heteroatoms. The Kier molecular flexibility index (Phi) is 6.28. The fraction of sp³-hybridized carbons (Fsp3) is 0.667. The second-order valence-electron chi connectivity index (χ2n) is 4.42. The molecule has 0 aliphatic heterocycles. The van der Waals surface area contributed by atoms with E-state index in [0.717, 1.165) is 24.1 Å². The van der Waals surface area contributed by atoms with Crippen LogP contribution in [0.5, 0.6) is 0 Å². The summed E-state index contributed by atoms with van der Waals surface area (Å²) in [5.41, 5.74) is 0. The predicted octanol–water partition coefficient (Wildman–Crippen LogP) is 2.32. The van der Waals surface area contributed by atoms with E-state index in [1.807, 2.05) is 20.0 Å². The van der Waals surface area contributed by atoms with E-state index in [1.54, 1.807) is 6.07 Å². The SMILES string of the molecule is CCCCC(C)NS(=O)(=O)c1ccc(CNC)s1. The molecule has 1 atom stereocenters. The van der Waals surface area contributed by atoms with Crippen molar-refractivity contribution < 1.29 is 8.42 Å². The monoisotopic (exact) mass is 290 g/mol. The van der Waals surface area contributed by atoms with Gasteiger partial charge in [-0.05, 0) is 32.5 Å². The standard InChI is InChI=1S/C12H22N2O2S2/c1-4-5-6-10(2)14-18(15,16)12-8-7-11(17-12)9-13-3/h7-8,10,13-14H,4-6,9H2,1-3H3. The molecular formula is C12H22N2O2S2. The molecule has 1 heterocycles. The van der Waals surface area contributed by atoms with Gasteiger partial charge >= 0.3 is 0 Å². The molecule has 18 heavy (non-hydrogen) atoms. The Bertz CT molecular complexity index is 454. The highest BCUT2D eigenvalue weighted by molar-refractivity contribution is 7.91. The minimum absolute atomic E-state index is 0.00944. The Morgan fingerprint density at radius 1 is 1.39 bits per heavy atom. The summed E-state index contributed by atoms with van der Waals surface area (Å²) in [6.45, 7) is 4.71. The minimum Gasteiger partial charge on any atom is -0.315 e.